The Morgan fingerprint density at radius 3 is 2.74 bits per heavy atom. The summed E-state index contributed by atoms with van der Waals surface area (Å²) >= 11 is 1.73. The van der Waals surface area contributed by atoms with E-state index in [-0.39, 0.29) is 12.7 Å². The molecular formula is C23H28N4O3S. The highest BCUT2D eigenvalue weighted by atomic mass is 32.1. The summed E-state index contributed by atoms with van der Waals surface area (Å²) in [5.74, 6) is 1.86. The lowest BCUT2D eigenvalue weighted by Crippen LogP contribution is -2.55. The fourth-order valence-corrected chi connectivity index (χ4v) is 6.06. The molecule has 4 aliphatic rings. The lowest BCUT2D eigenvalue weighted by atomic mass is 9.91. The van der Waals surface area contributed by atoms with Crippen molar-refractivity contribution in [3.63, 3.8) is 0 Å². The second-order valence-electron chi connectivity index (χ2n) is 8.92. The molecule has 2 fully saturated rings. The Labute approximate surface area is 186 Å². The van der Waals surface area contributed by atoms with E-state index in [0.29, 0.717) is 6.54 Å². The zero-order valence-corrected chi connectivity index (χ0v) is 18.5. The average molecular weight is 441 g/mol. The van der Waals surface area contributed by atoms with Crippen molar-refractivity contribution in [3.05, 3.63) is 28.8 Å². The van der Waals surface area contributed by atoms with Crippen molar-refractivity contribution in [3.8, 4) is 22.1 Å². The molecule has 1 aromatic carbocycles. The lowest BCUT2D eigenvalue weighted by molar-refractivity contribution is -0.135. The Hall–Kier alpha value is -2.16. The van der Waals surface area contributed by atoms with Crippen molar-refractivity contribution < 1.29 is 14.3 Å². The molecule has 7 nitrogen and oxygen atoms in total. The number of amides is 1. The van der Waals surface area contributed by atoms with Crippen molar-refractivity contribution in [1.82, 2.24) is 19.7 Å². The van der Waals surface area contributed by atoms with E-state index in [1.165, 1.54) is 29.8 Å². The Bertz CT molecular complexity index is 981. The molecule has 6 rings (SSSR count). The van der Waals surface area contributed by atoms with E-state index in [1.807, 2.05) is 18.2 Å². The van der Waals surface area contributed by atoms with Crippen molar-refractivity contribution in [2.75, 3.05) is 46.1 Å². The first-order chi connectivity index (χ1) is 15.2. The minimum Gasteiger partial charge on any atom is -0.454 e. The summed E-state index contributed by atoms with van der Waals surface area (Å²) < 4.78 is 10.9. The second kappa shape index (κ2) is 8.07. The Kier molecular flexibility index (Phi) is 5.08. The van der Waals surface area contributed by atoms with Gasteiger partial charge >= 0.3 is 0 Å². The van der Waals surface area contributed by atoms with Crippen molar-refractivity contribution in [2.24, 2.45) is 0 Å². The predicted octanol–water partition coefficient (Wildman–Crippen LogP) is 2.59. The second-order valence-corrected chi connectivity index (χ2v) is 10.0. The van der Waals surface area contributed by atoms with Gasteiger partial charge in [-0.3, -0.25) is 14.6 Å². The van der Waals surface area contributed by atoms with Gasteiger partial charge in [-0.15, -0.1) is 11.3 Å². The standard InChI is InChI=1S/C23H28N4O3S/c28-22(27-10-8-26(9-11-27)17-2-1-3-17)14-25-7-6-18-21(13-25)31-23(24-18)16-4-5-19-20(12-16)30-15-29-19/h4-5,12,17H,1-3,6-11,13-15H2. The molecule has 0 atom stereocenters. The maximum atomic E-state index is 12.9. The SMILES string of the molecule is O=C(CN1CCc2nc(-c3ccc4c(c3)OCO4)sc2C1)N1CCN(C2CCC2)CC1. The molecule has 3 aliphatic heterocycles. The molecule has 0 unspecified atom stereocenters. The molecule has 0 radical (unpaired) electrons. The van der Waals surface area contributed by atoms with Crippen LogP contribution in [0.1, 0.15) is 29.8 Å². The maximum Gasteiger partial charge on any atom is 0.236 e. The van der Waals surface area contributed by atoms with Crippen molar-refractivity contribution in [2.45, 2.75) is 38.3 Å². The fourth-order valence-electron chi connectivity index (χ4n) is 4.92. The quantitative estimate of drug-likeness (QED) is 0.729. The van der Waals surface area contributed by atoms with E-state index >= 15 is 0 Å². The Balaban J connectivity index is 1.07. The number of piperazine rings is 1. The zero-order chi connectivity index (χ0) is 20.8. The molecule has 0 bridgehead atoms. The first-order valence-corrected chi connectivity index (χ1v) is 12.2. The van der Waals surface area contributed by atoms with Crippen LogP contribution in [0.3, 0.4) is 0 Å². The van der Waals surface area contributed by atoms with E-state index < -0.39 is 0 Å². The van der Waals surface area contributed by atoms with E-state index in [4.69, 9.17) is 14.5 Å². The predicted molar refractivity (Wildman–Crippen MR) is 118 cm³/mol. The number of thiazole rings is 1. The number of nitrogens with zero attached hydrogens (tertiary/aromatic N) is 4. The molecule has 164 valence electrons. The molecule has 1 saturated heterocycles. The summed E-state index contributed by atoms with van der Waals surface area (Å²) in [6.07, 6.45) is 4.95. The first kappa shape index (κ1) is 19.5. The summed E-state index contributed by atoms with van der Waals surface area (Å²) in [4.78, 5) is 26.0. The minimum absolute atomic E-state index is 0.275. The van der Waals surface area contributed by atoms with Gasteiger partial charge in [0.1, 0.15) is 5.01 Å². The third kappa shape index (κ3) is 3.81. The molecule has 1 amide bonds. The summed E-state index contributed by atoms with van der Waals surface area (Å²) in [5.41, 5.74) is 2.24. The van der Waals surface area contributed by atoms with Gasteiger partial charge < -0.3 is 14.4 Å². The molecule has 1 saturated carbocycles. The number of rotatable bonds is 4. The van der Waals surface area contributed by atoms with Gasteiger partial charge in [-0.25, -0.2) is 4.98 Å². The minimum atomic E-state index is 0.275. The first-order valence-electron chi connectivity index (χ1n) is 11.4. The van der Waals surface area contributed by atoms with Gasteiger partial charge in [0, 0.05) is 62.2 Å². The summed E-state index contributed by atoms with van der Waals surface area (Å²) in [5, 5.41) is 1.02. The molecule has 1 aromatic heterocycles. The van der Waals surface area contributed by atoms with E-state index in [0.717, 1.165) is 73.8 Å². The lowest BCUT2D eigenvalue weighted by Gasteiger charge is -2.43. The van der Waals surface area contributed by atoms with Gasteiger partial charge in [-0.1, -0.05) is 6.42 Å². The van der Waals surface area contributed by atoms with Gasteiger partial charge in [-0.2, -0.15) is 0 Å². The summed E-state index contributed by atoms with van der Waals surface area (Å²) in [7, 11) is 0. The molecule has 2 aromatic rings. The van der Waals surface area contributed by atoms with Crippen LogP contribution >= 0.6 is 11.3 Å². The summed E-state index contributed by atoms with van der Waals surface area (Å²) in [6, 6.07) is 6.79. The van der Waals surface area contributed by atoms with Crippen LogP contribution in [0.15, 0.2) is 18.2 Å². The number of aromatic nitrogens is 1. The van der Waals surface area contributed by atoms with E-state index in [2.05, 4.69) is 14.7 Å². The zero-order valence-electron chi connectivity index (χ0n) is 17.7. The Morgan fingerprint density at radius 2 is 1.94 bits per heavy atom. The third-order valence-corrected chi connectivity index (χ3v) is 8.18. The van der Waals surface area contributed by atoms with Crippen LogP contribution in [-0.4, -0.2) is 77.7 Å². The average Bonchev–Trinajstić information content (AvgIpc) is 3.39. The molecule has 31 heavy (non-hydrogen) atoms. The van der Waals surface area contributed by atoms with Gasteiger partial charge in [0.15, 0.2) is 11.5 Å². The van der Waals surface area contributed by atoms with Crippen molar-refractivity contribution in [1.29, 1.82) is 0 Å². The van der Waals surface area contributed by atoms with Crippen LogP contribution < -0.4 is 9.47 Å². The number of hydrogen-bond acceptors (Lipinski definition) is 7. The van der Waals surface area contributed by atoms with Crippen LogP contribution in [-0.2, 0) is 17.8 Å². The number of fused-ring (bicyclic) bond motifs is 2. The van der Waals surface area contributed by atoms with Crippen LogP contribution in [0.2, 0.25) is 0 Å². The van der Waals surface area contributed by atoms with Crippen LogP contribution in [0.4, 0.5) is 0 Å². The smallest absolute Gasteiger partial charge is 0.236 e. The normalized spacial score (nSPS) is 21.7. The molecular weight excluding hydrogens is 412 g/mol. The van der Waals surface area contributed by atoms with Crippen molar-refractivity contribution >= 4 is 17.2 Å². The van der Waals surface area contributed by atoms with Crippen LogP contribution in [0.25, 0.3) is 10.6 Å². The largest absolute Gasteiger partial charge is 0.454 e. The highest BCUT2D eigenvalue weighted by Crippen LogP contribution is 2.38. The van der Waals surface area contributed by atoms with Gasteiger partial charge in [0.2, 0.25) is 12.7 Å². The number of benzene rings is 1. The molecule has 8 heteroatoms. The third-order valence-electron chi connectivity index (χ3n) is 7.05. The fraction of sp³-hybridized carbons (Fsp3) is 0.565. The molecule has 4 heterocycles. The van der Waals surface area contributed by atoms with Crippen LogP contribution in [0, 0.1) is 0 Å². The monoisotopic (exact) mass is 440 g/mol. The number of carbonyl (C=O) groups is 1. The van der Waals surface area contributed by atoms with Gasteiger partial charge in [0.25, 0.3) is 0 Å². The van der Waals surface area contributed by atoms with Gasteiger partial charge in [0.05, 0.1) is 12.2 Å². The molecule has 1 aliphatic carbocycles. The van der Waals surface area contributed by atoms with E-state index in [1.54, 1.807) is 11.3 Å². The van der Waals surface area contributed by atoms with Crippen LogP contribution in [0.5, 0.6) is 11.5 Å². The summed E-state index contributed by atoms with van der Waals surface area (Å²) in [6.45, 7) is 6.33. The topological polar surface area (TPSA) is 58.1 Å². The molecule has 0 N–H and O–H groups in total. The number of ether oxygens (including phenoxy) is 2. The maximum absolute atomic E-state index is 12.9. The highest BCUT2D eigenvalue weighted by Gasteiger charge is 2.30. The van der Waals surface area contributed by atoms with E-state index in [9.17, 15) is 4.79 Å². The number of hydrogen-bond donors (Lipinski definition) is 0. The number of carbonyl (C=O) groups excluding carboxylic acids is 1. The van der Waals surface area contributed by atoms with Gasteiger partial charge in [-0.05, 0) is 31.0 Å². The highest BCUT2D eigenvalue weighted by molar-refractivity contribution is 7.15. The Morgan fingerprint density at radius 1 is 1.10 bits per heavy atom. The molecule has 0 spiro atoms.